The molecule has 2 N–H and O–H groups in total. The van der Waals surface area contributed by atoms with Crippen molar-refractivity contribution in [1.29, 1.82) is 0 Å². The number of nitrogens with zero attached hydrogens (tertiary/aromatic N) is 1. The van der Waals surface area contributed by atoms with E-state index in [1.54, 1.807) is 0 Å². The van der Waals surface area contributed by atoms with Crippen molar-refractivity contribution in [3.63, 3.8) is 0 Å². The van der Waals surface area contributed by atoms with Gasteiger partial charge in [0.05, 0.1) is 0 Å². The fourth-order valence-corrected chi connectivity index (χ4v) is 0.752. The monoisotopic (exact) mass is 124 g/mol. The van der Waals surface area contributed by atoms with Crippen molar-refractivity contribution in [2.45, 2.75) is 19.9 Å². The Bertz CT molecular complexity index is 189. The van der Waals surface area contributed by atoms with Gasteiger partial charge in [-0.15, -0.1) is 0 Å². The molecule has 0 aliphatic heterocycles. The maximum Gasteiger partial charge on any atom is 0.0493 e. The summed E-state index contributed by atoms with van der Waals surface area (Å²) < 4.78 is 2.08. The Hall–Kier alpha value is -0.920. The zero-order valence-electron chi connectivity index (χ0n) is 5.83. The SMILES string of the molecule is CC(C)n1ccc(N)c1. The van der Waals surface area contributed by atoms with Crippen LogP contribution in [0.1, 0.15) is 19.9 Å². The minimum Gasteiger partial charge on any atom is -0.398 e. The molecule has 0 aliphatic carbocycles. The Morgan fingerprint density at radius 3 is 2.44 bits per heavy atom. The van der Waals surface area contributed by atoms with E-state index in [4.69, 9.17) is 5.73 Å². The zero-order valence-corrected chi connectivity index (χ0v) is 5.83. The first-order valence-corrected chi connectivity index (χ1v) is 3.13. The molecule has 0 unspecified atom stereocenters. The number of nitrogen functional groups attached to an aromatic ring is 1. The lowest BCUT2D eigenvalue weighted by molar-refractivity contribution is 0.604. The van der Waals surface area contributed by atoms with Gasteiger partial charge in [0, 0.05) is 24.1 Å². The minimum atomic E-state index is 0.516. The predicted molar refractivity (Wildman–Crippen MR) is 39.2 cm³/mol. The second kappa shape index (κ2) is 2.13. The summed E-state index contributed by atoms with van der Waals surface area (Å²) in [6.07, 6.45) is 3.92. The van der Waals surface area contributed by atoms with E-state index in [0.29, 0.717) is 6.04 Å². The largest absolute Gasteiger partial charge is 0.398 e. The number of rotatable bonds is 1. The summed E-state index contributed by atoms with van der Waals surface area (Å²) in [6, 6.07) is 2.42. The molecule has 50 valence electrons. The van der Waals surface area contributed by atoms with Crippen LogP contribution in [0.4, 0.5) is 5.69 Å². The maximum absolute atomic E-state index is 5.50. The van der Waals surface area contributed by atoms with Gasteiger partial charge < -0.3 is 10.3 Å². The predicted octanol–water partition coefficient (Wildman–Crippen LogP) is 1.65. The van der Waals surface area contributed by atoms with Crippen molar-refractivity contribution in [2.24, 2.45) is 0 Å². The first kappa shape index (κ1) is 6.20. The summed E-state index contributed by atoms with van der Waals surface area (Å²) in [6.45, 7) is 4.25. The van der Waals surface area contributed by atoms with Crippen molar-refractivity contribution >= 4 is 5.69 Å². The molecule has 0 amide bonds. The normalized spacial score (nSPS) is 10.6. The molecular formula is C7H12N2. The topological polar surface area (TPSA) is 30.9 Å². The molecule has 1 heterocycles. The van der Waals surface area contributed by atoms with Gasteiger partial charge in [-0.2, -0.15) is 0 Å². The molecule has 0 bridgehead atoms. The summed E-state index contributed by atoms with van der Waals surface area (Å²) in [5.74, 6) is 0. The molecule has 0 atom stereocenters. The molecule has 2 nitrogen and oxygen atoms in total. The van der Waals surface area contributed by atoms with Crippen LogP contribution < -0.4 is 5.73 Å². The molecule has 9 heavy (non-hydrogen) atoms. The Labute approximate surface area is 55.3 Å². The lowest BCUT2D eigenvalue weighted by atomic mass is 10.4. The van der Waals surface area contributed by atoms with Gasteiger partial charge in [0.1, 0.15) is 0 Å². The number of aromatic nitrogens is 1. The third-order valence-corrected chi connectivity index (χ3v) is 1.33. The highest BCUT2D eigenvalue weighted by Crippen LogP contribution is 2.08. The average Bonchev–Trinajstić information content (AvgIpc) is 2.14. The summed E-state index contributed by atoms with van der Waals surface area (Å²) in [4.78, 5) is 0. The van der Waals surface area contributed by atoms with Gasteiger partial charge in [-0.3, -0.25) is 0 Å². The zero-order chi connectivity index (χ0) is 6.85. The van der Waals surface area contributed by atoms with Gasteiger partial charge in [-0.25, -0.2) is 0 Å². The molecule has 1 aromatic rings. The highest BCUT2D eigenvalue weighted by atomic mass is 15.0. The van der Waals surface area contributed by atoms with E-state index in [0.717, 1.165) is 5.69 Å². The van der Waals surface area contributed by atoms with Crippen molar-refractivity contribution < 1.29 is 0 Å². The van der Waals surface area contributed by atoms with E-state index in [1.807, 2.05) is 18.5 Å². The van der Waals surface area contributed by atoms with Gasteiger partial charge >= 0.3 is 0 Å². The summed E-state index contributed by atoms with van der Waals surface area (Å²) in [7, 11) is 0. The average molecular weight is 124 g/mol. The number of hydrogen-bond donors (Lipinski definition) is 1. The molecule has 1 rings (SSSR count). The van der Waals surface area contributed by atoms with Crippen LogP contribution in [0.25, 0.3) is 0 Å². The number of anilines is 1. The van der Waals surface area contributed by atoms with Crippen LogP contribution in [0.2, 0.25) is 0 Å². The van der Waals surface area contributed by atoms with Crippen molar-refractivity contribution in [2.75, 3.05) is 5.73 Å². The molecular weight excluding hydrogens is 112 g/mol. The van der Waals surface area contributed by atoms with Crippen LogP contribution in [0.15, 0.2) is 18.5 Å². The fraction of sp³-hybridized carbons (Fsp3) is 0.429. The van der Waals surface area contributed by atoms with Gasteiger partial charge in [0.2, 0.25) is 0 Å². The molecule has 0 fully saturated rings. The lowest BCUT2D eigenvalue weighted by Crippen LogP contribution is -1.95. The van der Waals surface area contributed by atoms with Gasteiger partial charge in [0.15, 0.2) is 0 Å². The molecule has 0 aromatic carbocycles. The maximum atomic E-state index is 5.50. The first-order valence-electron chi connectivity index (χ1n) is 3.13. The second-order valence-electron chi connectivity index (χ2n) is 2.49. The van der Waals surface area contributed by atoms with E-state index >= 15 is 0 Å². The summed E-state index contributed by atoms with van der Waals surface area (Å²) in [5.41, 5.74) is 6.33. The smallest absolute Gasteiger partial charge is 0.0493 e. The third kappa shape index (κ3) is 1.25. The van der Waals surface area contributed by atoms with Crippen LogP contribution in [-0.4, -0.2) is 4.57 Å². The fourth-order valence-electron chi connectivity index (χ4n) is 0.752. The highest BCUT2D eigenvalue weighted by molar-refractivity contribution is 5.34. The summed E-state index contributed by atoms with van der Waals surface area (Å²) in [5, 5.41) is 0. The quantitative estimate of drug-likeness (QED) is 0.606. The first-order chi connectivity index (χ1) is 4.20. The van der Waals surface area contributed by atoms with Gasteiger partial charge in [-0.05, 0) is 19.9 Å². The third-order valence-electron chi connectivity index (χ3n) is 1.33. The molecule has 0 saturated heterocycles. The molecule has 0 spiro atoms. The minimum absolute atomic E-state index is 0.516. The van der Waals surface area contributed by atoms with Crippen LogP contribution in [0.3, 0.4) is 0 Å². The van der Waals surface area contributed by atoms with E-state index in [2.05, 4.69) is 18.4 Å². The molecule has 2 heteroatoms. The van der Waals surface area contributed by atoms with Crippen molar-refractivity contribution in [3.05, 3.63) is 18.5 Å². The Morgan fingerprint density at radius 1 is 1.56 bits per heavy atom. The summed E-state index contributed by atoms with van der Waals surface area (Å²) >= 11 is 0. The lowest BCUT2D eigenvalue weighted by Gasteiger charge is -2.04. The molecule has 1 aromatic heterocycles. The van der Waals surface area contributed by atoms with Crippen molar-refractivity contribution in [3.8, 4) is 0 Å². The van der Waals surface area contributed by atoms with Gasteiger partial charge in [0.25, 0.3) is 0 Å². The van der Waals surface area contributed by atoms with E-state index < -0.39 is 0 Å². The molecule has 0 radical (unpaired) electrons. The second-order valence-corrected chi connectivity index (χ2v) is 2.49. The molecule has 0 saturated carbocycles. The van der Waals surface area contributed by atoms with E-state index in [-0.39, 0.29) is 0 Å². The van der Waals surface area contributed by atoms with Crippen LogP contribution >= 0.6 is 0 Å². The Kier molecular flexibility index (Phi) is 1.47. The number of nitrogens with two attached hydrogens (primary N) is 1. The molecule has 0 aliphatic rings. The van der Waals surface area contributed by atoms with Gasteiger partial charge in [-0.1, -0.05) is 0 Å². The Morgan fingerprint density at radius 2 is 2.22 bits per heavy atom. The van der Waals surface area contributed by atoms with Crippen LogP contribution in [0, 0.1) is 0 Å². The van der Waals surface area contributed by atoms with Crippen LogP contribution in [-0.2, 0) is 0 Å². The van der Waals surface area contributed by atoms with E-state index in [9.17, 15) is 0 Å². The van der Waals surface area contributed by atoms with E-state index in [1.165, 1.54) is 0 Å². The standard InChI is InChI=1S/C7H12N2/c1-6(2)9-4-3-7(8)5-9/h3-6H,8H2,1-2H3. The number of hydrogen-bond acceptors (Lipinski definition) is 1. The van der Waals surface area contributed by atoms with Crippen molar-refractivity contribution in [1.82, 2.24) is 4.57 Å². The highest BCUT2D eigenvalue weighted by Gasteiger charge is 1.94. The Balaban J connectivity index is 2.85. The van der Waals surface area contributed by atoms with Crippen LogP contribution in [0.5, 0.6) is 0 Å².